The number of halogens is 2. The normalized spacial score (nSPS) is 12.6. The number of carbonyl (C=O) groups is 1. The van der Waals surface area contributed by atoms with Gasteiger partial charge in [0.25, 0.3) is 5.56 Å². The van der Waals surface area contributed by atoms with Crippen molar-refractivity contribution in [3.63, 3.8) is 0 Å². The van der Waals surface area contributed by atoms with Crippen LogP contribution in [-0.4, -0.2) is 22.5 Å². The van der Waals surface area contributed by atoms with Crippen LogP contribution in [0.15, 0.2) is 21.7 Å². The summed E-state index contributed by atoms with van der Waals surface area (Å²) >= 11 is 0. The molecule has 0 bridgehead atoms. The SMILES string of the molecule is CNC(=O)C(CC(C)C)n1c(=O)[nH]c2ccc(F)c(F)c2c1=O. The third-order valence-corrected chi connectivity index (χ3v) is 3.54. The van der Waals surface area contributed by atoms with Crippen molar-refractivity contribution in [2.75, 3.05) is 7.05 Å². The van der Waals surface area contributed by atoms with Gasteiger partial charge < -0.3 is 10.3 Å². The Kier molecular flexibility index (Phi) is 4.63. The van der Waals surface area contributed by atoms with E-state index < -0.39 is 40.2 Å². The van der Waals surface area contributed by atoms with Crippen LogP contribution >= 0.6 is 0 Å². The van der Waals surface area contributed by atoms with Gasteiger partial charge in [0.15, 0.2) is 11.6 Å². The molecule has 2 N–H and O–H groups in total. The summed E-state index contributed by atoms with van der Waals surface area (Å²) in [7, 11) is 1.37. The highest BCUT2D eigenvalue weighted by Crippen LogP contribution is 2.18. The number of aromatic nitrogens is 2. The quantitative estimate of drug-likeness (QED) is 0.889. The molecule has 0 saturated carbocycles. The van der Waals surface area contributed by atoms with E-state index in [0.29, 0.717) is 4.57 Å². The Balaban J connectivity index is 2.82. The smallest absolute Gasteiger partial charge is 0.329 e. The summed E-state index contributed by atoms with van der Waals surface area (Å²) in [5.74, 6) is -3.11. The highest BCUT2D eigenvalue weighted by Gasteiger charge is 2.26. The number of fused-ring (bicyclic) bond motifs is 1. The Hall–Kier alpha value is -2.51. The Morgan fingerprint density at radius 1 is 1.30 bits per heavy atom. The van der Waals surface area contributed by atoms with Crippen molar-refractivity contribution in [2.45, 2.75) is 26.3 Å². The number of hydrogen-bond acceptors (Lipinski definition) is 3. The first-order valence-corrected chi connectivity index (χ1v) is 7.12. The second-order valence-corrected chi connectivity index (χ2v) is 5.65. The first kappa shape index (κ1) is 16.9. The van der Waals surface area contributed by atoms with E-state index in [2.05, 4.69) is 10.3 Å². The van der Waals surface area contributed by atoms with Crippen LogP contribution in [0.2, 0.25) is 0 Å². The molecule has 0 radical (unpaired) electrons. The second-order valence-electron chi connectivity index (χ2n) is 5.65. The molecule has 1 aromatic carbocycles. The van der Waals surface area contributed by atoms with E-state index in [4.69, 9.17) is 0 Å². The van der Waals surface area contributed by atoms with Crippen LogP contribution in [0.25, 0.3) is 10.9 Å². The van der Waals surface area contributed by atoms with Crippen LogP contribution in [0.4, 0.5) is 8.78 Å². The van der Waals surface area contributed by atoms with Crippen molar-refractivity contribution in [1.82, 2.24) is 14.9 Å². The first-order valence-electron chi connectivity index (χ1n) is 7.12. The molecule has 8 heteroatoms. The van der Waals surface area contributed by atoms with Crippen molar-refractivity contribution >= 4 is 16.8 Å². The van der Waals surface area contributed by atoms with Gasteiger partial charge in [0.2, 0.25) is 5.91 Å². The molecule has 23 heavy (non-hydrogen) atoms. The lowest BCUT2D eigenvalue weighted by molar-refractivity contribution is -0.124. The fourth-order valence-electron chi connectivity index (χ4n) is 2.48. The van der Waals surface area contributed by atoms with Crippen molar-refractivity contribution in [2.24, 2.45) is 5.92 Å². The van der Waals surface area contributed by atoms with Crippen molar-refractivity contribution < 1.29 is 13.6 Å². The van der Waals surface area contributed by atoms with Gasteiger partial charge in [-0.15, -0.1) is 0 Å². The van der Waals surface area contributed by atoms with E-state index in [1.165, 1.54) is 7.05 Å². The molecule has 0 spiro atoms. The number of rotatable bonds is 4. The molecule has 2 aromatic rings. The maximum atomic E-state index is 14.0. The minimum absolute atomic E-state index is 0.00310. The lowest BCUT2D eigenvalue weighted by Gasteiger charge is -2.19. The van der Waals surface area contributed by atoms with E-state index in [1.54, 1.807) is 0 Å². The van der Waals surface area contributed by atoms with Gasteiger partial charge in [0.1, 0.15) is 11.4 Å². The zero-order valence-electron chi connectivity index (χ0n) is 12.9. The predicted octanol–water partition coefficient (Wildman–Crippen LogP) is 1.30. The number of aromatic amines is 1. The van der Waals surface area contributed by atoms with Crippen LogP contribution in [0.1, 0.15) is 26.3 Å². The molecule has 124 valence electrons. The molecule has 0 aliphatic carbocycles. The van der Waals surface area contributed by atoms with Crippen LogP contribution in [0, 0.1) is 17.6 Å². The number of amides is 1. The van der Waals surface area contributed by atoms with Crippen LogP contribution in [-0.2, 0) is 4.79 Å². The highest BCUT2D eigenvalue weighted by atomic mass is 19.2. The van der Waals surface area contributed by atoms with E-state index in [9.17, 15) is 23.2 Å². The van der Waals surface area contributed by atoms with Gasteiger partial charge in [0.05, 0.1) is 5.52 Å². The molecule has 0 saturated heterocycles. The molecule has 1 aromatic heterocycles. The summed E-state index contributed by atoms with van der Waals surface area (Å²) in [6.45, 7) is 3.63. The number of likely N-dealkylation sites (N-methyl/N-ethyl adjacent to an activating group) is 1. The number of nitrogens with one attached hydrogen (secondary N) is 2. The van der Waals surface area contributed by atoms with Crippen LogP contribution < -0.4 is 16.6 Å². The molecular formula is C15H17F2N3O3. The minimum atomic E-state index is -1.35. The first-order chi connectivity index (χ1) is 10.8. The maximum Gasteiger partial charge on any atom is 0.329 e. The van der Waals surface area contributed by atoms with Gasteiger partial charge in [-0.2, -0.15) is 0 Å². The van der Waals surface area contributed by atoms with E-state index in [-0.39, 0.29) is 17.9 Å². The number of carbonyl (C=O) groups excluding carboxylic acids is 1. The second kappa shape index (κ2) is 6.31. The third kappa shape index (κ3) is 3.01. The summed E-state index contributed by atoms with van der Waals surface area (Å²) in [5, 5.41) is 1.80. The average molecular weight is 325 g/mol. The maximum absolute atomic E-state index is 14.0. The lowest BCUT2D eigenvalue weighted by atomic mass is 10.0. The Labute approximate surface area is 130 Å². The third-order valence-electron chi connectivity index (χ3n) is 3.54. The van der Waals surface area contributed by atoms with Gasteiger partial charge in [-0.1, -0.05) is 13.8 Å². The Morgan fingerprint density at radius 2 is 1.96 bits per heavy atom. The van der Waals surface area contributed by atoms with E-state index in [1.807, 2.05) is 13.8 Å². The molecule has 1 unspecified atom stereocenters. The zero-order chi connectivity index (χ0) is 17.3. The van der Waals surface area contributed by atoms with Gasteiger partial charge in [-0.05, 0) is 24.5 Å². The topological polar surface area (TPSA) is 84.0 Å². The number of benzene rings is 1. The number of H-pyrrole nitrogens is 1. The Bertz CT molecular complexity index is 871. The Morgan fingerprint density at radius 3 is 2.52 bits per heavy atom. The monoisotopic (exact) mass is 325 g/mol. The predicted molar refractivity (Wildman–Crippen MR) is 81.3 cm³/mol. The summed E-state index contributed by atoms with van der Waals surface area (Å²) in [6.07, 6.45) is 0.200. The molecule has 1 amide bonds. The highest BCUT2D eigenvalue weighted by molar-refractivity contribution is 5.81. The van der Waals surface area contributed by atoms with Gasteiger partial charge >= 0.3 is 5.69 Å². The molecule has 1 heterocycles. The van der Waals surface area contributed by atoms with E-state index >= 15 is 0 Å². The van der Waals surface area contributed by atoms with Crippen molar-refractivity contribution in [1.29, 1.82) is 0 Å². The molecule has 1 atom stereocenters. The molecule has 0 fully saturated rings. The summed E-state index contributed by atoms with van der Waals surface area (Å²) in [6, 6.07) is 0.822. The largest absolute Gasteiger partial charge is 0.357 e. The minimum Gasteiger partial charge on any atom is -0.357 e. The number of nitrogens with zero attached hydrogens (tertiary/aromatic N) is 1. The molecule has 2 rings (SSSR count). The molecule has 0 aliphatic rings. The molecular weight excluding hydrogens is 308 g/mol. The van der Waals surface area contributed by atoms with Crippen molar-refractivity contribution in [3.05, 3.63) is 44.6 Å². The van der Waals surface area contributed by atoms with E-state index in [0.717, 1.165) is 12.1 Å². The summed E-state index contributed by atoms with van der Waals surface area (Å²) < 4.78 is 28.0. The van der Waals surface area contributed by atoms with Gasteiger partial charge in [-0.25, -0.2) is 18.1 Å². The molecule has 0 aliphatic heterocycles. The fraction of sp³-hybridized carbons (Fsp3) is 0.400. The van der Waals surface area contributed by atoms with Crippen LogP contribution in [0.5, 0.6) is 0 Å². The summed E-state index contributed by atoms with van der Waals surface area (Å²) in [4.78, 5) is 39.1. The van der Waals surface area contributed by atoms with Gasteiger partial charge in [-0.3, -0.25) is 9.59 Å². The fourth-order valence-corrected chi connectivity index (χ4v) is 2.48. The standard InChI is InChI=1S/C15H17F2N3O3/c1-7(2)6-10(13(21)18-3)20-14(22)11-9(19-15(20)23)5-4-8(16)12(11)17/h4-5,7,10H,6H2,1-3H3,(H,18,21)(H,19,23). The number of hydrogen-bond donors (Lipinski definition) is 2. The summed E-state index contributed by atoms with van der Waals surface area (Å²) in [5.41, 5.74) is -1.99. The van der Waals surface area contributed by atoms with Crippen molar-refractivity contribution in [3.8, 4) is 0 Å². The lowest BCUT2D eigenvalue weighted by Crippen LogP contribution is -2.44. The average Bonchev–Trinajstić information content (AvgIpc) is 2.48. The zero-order valence-corrected chi connectivity index (χ0v) is 12.9. The van der Waals surface area contributed by atoms with Gasteiger partial charge in [0, 0.05) is 7.05 Å². The van der Waals surface area contributed by atoms with Crippen LogP contribution in [0.3, 0.4) is 0 Å². The molecule has 6 nitrogen and oxygen atoms in total.